The molecule has 0 spiro atoms. The maximum atomic E-state index is 12.6. The zero-order valence-corrected chi connectivity index (χ0v) is 9.91. The van der Waals surface area contributed by atoms with Crippen LogP contribution in [0.2, 0.25) is 0 Å². The number of carboxylic acids is 1. The van der Waals surface area contributed by atoms with E-state index in [2.05, 4.69) is 0 Å². The monoisotopic (exact) mass is 260 g/mol. The first-order valence-electron chi connectivity index (χ1n) is 5.12. The summed E-state index contributed by atoms with van der Waals surface area (Å²) in [6, 6.07) is 4.60. The Labute approximate surface area is 99.0 Å². The number of carbonyl (C=O) groups is 1. The molecule has 0 aliphatic rings. The smallest absolute Gasteiger partial charge is 0.303 e. The van der Waals surface area contributed by atoms with Gasteiger partial charge in [-0.2, -0.15) is 0 Å². The van der Waals surface area contributed by atoms with Crippen molar-refractivity contribution in [3.8, 4) is 0 Å². The fraction of sp³-hybridized carbons (Fsp3) is 0.364. The Morgan fingerprint density at radius 2 is 1.76 bits per heavy atom. The second-order valence-corrected chi connectivity index (χ2v) is 5.73. The summed E-state index contributed by atoms with van der Waals surface area (Å²) in [5, 5.41) is 8.40. The van der Waals surface area contributed by atoms with Crippen LogP contribution in [0.4, 0.5) is 4.39 Å². The van der Waals surface area contributed by atoms with E-state index >= 15 is 0 Å². The molecule has 0 atom stereocenters. The minimum atomic E-state index is -3.43. The van der Waals surface area contributed by atoms with Crippen molar-refractivity contribution in [2.24, 2.45) is 0 Å². The zero-order chi connectivity index (χ0) is 12.9. The third-order valence-corrected chi connectivity index (χ3v) is 4.04. The number of sulfone groups is 1. The molecule has 0 bridgehead atoms. The number of aliphatic carboxylic acids is 1. The predicted octanol–water partition coefficient (Wildman–Crippen LogP) is 1.85. The van der Waals surface area contributed by atoms with Gasteiger partial charge in [-0.05, 0) is 37.1 Å². The van der Waals surface area contributed by atoms with Crippen LogP contribution in [0.3, 0.4) is 0 Å². The van der Waals surface area contributed by atoms with Gasteiger partial charge in [0.05, 0.1) is 10.6 Å². The molecular weight excluding hydrogens is 247 g/mol. The van der Waals surface area contributed by atoms with Crippen LogP contribution in [0.15, 0.2) is 29.2 Å². The molecular formula is C11H13FO4S. The number of rotatable bonds is 6. The summed E-state index contributed by atoms with van der Waals surface area (Å²) < 4.78 is 36.0. The van der Waals surface area contributed by atoms with E-state index in [1.165, 1.54) is 12.1 Å². The Hall–Kier alpha value is -1.43. The Bertz CT molecular complexity index is 479. The van der Waals surface area contributed by atoms with E-state index in [-0.39, 0.29) is 23.5 Å². The van der Waals surface area contributed by atoms with E-state index < -0.39 is 21.6 Å². The molecule has 17 heavy (non-hydrogen) atoms. The lowest BCUT2D eigenvalue weighted by molar-refractivity contribution is -0.137. The first-order valence-corrected chi connectivity index (χ1v) is 6.77. The van der Waals surface area contributed by atoms with Gasteiger partial charge in [-0.1, -0.05) is 0 Å². The molecule has 1 rings (SSSR count). The average Bonchev–Trinajstić information content (AvgIpc) is 2.25. The van der Waals surface area contributed by atoms with Gasteiger partial charge in [-0.15, -0.1) is 0 Å². The van der Waals surface area contributed by atoms with Crippen molar-refractivity contribution < 1.29 is 22.7 Å². The molecule has 0 aliphatic heterocycles. The van der Waals surface area contributed by atoms with Crippen molar-refractivity contribution in [3.05, 3.63) is 30.1 Å². The first kappa shape index (κ1) is 13.6. The van der Waals surface area contributed by atoms with E-state index in [1.54, 1.807) is 0 Å². The van der Waals surface area contributed by atoms with Gasteiger partial charge in [-0.3, -0.25) is 4.79 Å². The summed E-state index contributed by atoms with van der Waals surface area (Å²) in [5.41, 5.74) is 0. The van der Waals surface area contributed by atoms with E-state index in [9.17, 15) is 17.6 Å². The molecule has 4 nitrogen and oxygen atoms in total. The summed E-state index contributed by atoms with van der Waals surface area (Å²) in [4.78, 5) is 10.3. The number of carboxylic acid groups (broad SMARTS) is 1. The molecule has 94 valence electrons. The van der Waals surface area contributed by atoms with Crippen molar-refractivity contribution in [2.75, 3.05) is 5.75 Å². The SMILES string of the molecule is O=C(O)CCCCS(=O)(=O)c1ccc(F)cc1. The quantitative estimate of drug-likeness (QED) is 0.626. The maximum Gasteiger partial charge on any atom is 0.303 e. The van der Waals surface area contributed by atoms with Crippen LogP contribution in [0.1, 0.15) is 19.3 Å². The van der Waals surface area contributed by atoms with Gasteiger partial charge >= 0.3 is 5.97 Å². The van der Waals surface area contributed by atoms with Gasteiger partial charge in [0.25, 0.3) is 0 Å². The normalized spacial score (nSPS) is 11.4. The minimum absolute atomic E-state index is 0.0427. The first-order chi connectivity index (χ1) is 7.92. The van der Waals surface area contributed by atoms with Crippen molar-refractivity contribution >= 4 is 15.8 Å². The molecule has 1 aromatic carbocycles. The van der Waals surface area contributed by atoms with Gasteiger partial charge in [0.1, 0.15) is 5.82 Å². The van der Waals surface area contributed by atoms with Gasteiger partial charge in [0, 0.05) is 6.42 Å². The van der Waals surface area contributed by atoms with Gasteiger partial charge in [-0.25, -0.2) is 12.8 Å². The lowest BCUT2D eigenvalue weighted by atomic mass is 10.2. The fourth-order valence-corrected chi connectivity index (χ4v) is 2.70. The number of unbranched alkanes of at least 4 members (excludes halogenated alkanes) is 1. The molecule has 0 fully saturated rings. The van der Waals surface area contributed by atoms with E-state index in [4.69, 9.17) is 5.11 Å². The third kappa shape index (κ3) is 4.52. The highest BCUT2D eigenvalue weighted by Gasteiger charge is 2.14. The second-order valence-electron chi connectivity index (χ2n) is 3.62. The van der Waals surface area contributed by atoms with E-state index in [0.717, 1.165) is 12.1 Å². The molecule has 1 N–H and O–H groups in total. The Kier molecular flexibility index (Phi) is 4.62. The Morgan fingerprint density at radius 1 is 1.18 bits per heavy atom. The van der Waals surface area contributed by atoms with Crippen LogP contribution >= 0.6 is 0 Å². The Morgan fingerprint density at radius 3 is 2.29 bits per heavy atom. The van der Waals surface area contributed by atoms with Crippen molar-refractivity contribution in [2.45, 2.75) is 24.2 Å². The van der Waals surface area contributed by atoms with Crippen LogP contribution in [-0.4, -0.2) is 25.2 Å². The second kappa shape index (κ2) is 5.77. The molecule has 0 aliphatic carbocycles. The molecule has 0 aromatic heterocycles. The third-order valence-electron chi connectivity index (χ3n) is 2.23. The summed E-state index contributed by atoms with van der Waals surface area (Å²) in [5.74, 6) is -1.55. The van der Waals surface area contributed by atoms with Crippen LogP contribution in [-0.2, 0) is 14.6 Å². The minimum Gasteiger partial charge on any atom is -0.481 e. The number of halogens is 1. The van der Waals surface area contributed by atoms with Crippen LogP contribution in [0, 0.1) is 5.82 Å². The van der Waals surface area contributed by atoms with Crippen molar-refractivity contribution in [3.63, 3.8) is 0 Å². The summed E-state index contributed by atoms with van der Waals surface area (Å²) in [6.07, 6.45) is 0.556. The van der Waals surface area contributed by atoms with Gasteiger partial charge in [0.15, 0.2) is 9.84 Å². The molecule has 0 unspecified atom stereocenters. The van der Waals surface area contributed by atoms with Gasteiger partial charge in [0.2, 0.25) is 0 Å². The predicted molar refractivity (Wildman–Crippen MR) is 59.9 cm³/mol. The molecule has 0 saturated carbocycles. The molecule has 1 aromatic rings. The topological polar surface area (TPSA) is 71.4 Å². The molecule has 0 saturated heterocycles. The highest BCUT2D eigenvalue weighted by atomic mass is 32.2. The lowest BCUT2D eigenvalue weighted by Crippen LogP contribution is -2.07. The highest BCUT2D eigenvalue weighted by Crippen LogP contribution is 2.13. The van der Waals surface area contributed by atoms with Gasteiger partial charge < -0.3 is 5.11 Å². The highest BCUT2D eigenvalue weighted by molar-refractivity contribution is 7.91. The van der Waals surface area contributed by atoms with E-state index in [0.29, 0.717) is 6.42 Å². The molecule has 0 amide bonds. The number of hydrogen-bond donors (Lipinski definition) is 1. The maximum absolute atomic E-state index is 12.6. The van der Waals surface area contributed by atoms with Crippen molar-refractivity contribution in [1.82, 2.24) is 0 Å². The molecule has 0 radical (unpaired) electrons. The number of benzene rings is 1. The summed E-state index contributed by atoms with van der Waals surface area (Å²) in [7, 11) is -3.43. The standard InChI is InChI=1S/C11H13FO4S/c12-9-4-6-10(7-5-9)17(15,16)8-2-1-3-11(13)14/h4-7H,1-3,8H2,(H,13,14). The van der Waals surface area contributed by atoms with Crippen LogP contribution < -0.4 is 0 Å². The average molecular weight is 260 g/mol. The van der Waals surface area contributed by atoms with E-state index in [1.807, 2.05) is 0 Å². The van der Waals surface area contributed by atoms with Crippen LogP contribution in [0.5, 0.6) is 0 Å². The number of hydrogen-bond acceptors (Lipinski definition) is 3. The fourth-order valence-electron chi connectivity index (χ4n) is 1.33. The van der Waals surface area contributed by atoms with Crippen LogP contribution in [0.25, 0.3) is 0 Å². The van der Waals surface area contributed by atoms with Crippen molar-refractivity contribution in [1.29, 1.82) is 0 Å². The lowest BCUT2D eigenvalue weighted by Gasteiger charge is -2.03. The largest absolute Gasteiger partial charge is 0.481 e. The summed E-state index contributed by atoms with van der Waals surface area (Å²) >= 11 is 0. The Balaban J connectivity index is 2.57. The molecule has 0 heterocycles. The zero-order valence-electron chi connectivity index (χ0n) is 9.10. The summed E-state index contributed by atoms with van der Waals surface area (Å²) in [6.45, 7) is 0. The molecule has 6 heteroatoms.